The largest absolute Gasteiger partial charge is 0.296 e. The summed E-state index contributed by atoms with van der Waals surface area (Å²) in [6.07, 6.45) is 2.21. The molecular formula is C9H17FO. The molecule has 0 heterocycles. The monoisotopic (exact) mass is 160 g/mol. The number of alkyl halides is 1. The number of carbonyl (C=O) groups excluding carboxylic acids is 1. The minimum Gasteiger partial charge on any atom is -0.296 e. The van der Waals surface area contributed by atoms with Crippen LogP contribution in [0.15, 0.2) is 0 Å². The van der Waals surface area contributed by atoms with Crippen molar-refractivity contribution in [2.24, 2.45) is 0 Å². The van der Waals surface area contributed by atoms with E-state index in [1.807, 2.05) is 13.8 Å². The van der Waals surface area contributed by atoms with Gasteiger partial charge in [-0.05, 0) is 19.8 Å². The van der Waals surface area contributed by atoms with Crippen LogP contribution >= 0.6 is 0 Å². The van der Waals surface area contributed by atoms with E-state index in [0.29, 0.717) is 12.8 Å². The summed E-state index contributed by atoms with van der Waals surface area (Å²) in [6, 6.07) is 0. The summed E-state index contributed by atoms with van der Waals surface area (Å²) in [4.78, 5) is 10.9. The van der Waals surface area contributed by atoms with Crippen molar-refractivity contribution in [2.45, 2.75) is 52.1 Å². The van der Waals surface area contributed by atoms with E-state index in [1.165, 1.54) is 6.92 Å². The smallest absolute Gasteiger partial charge is 0.168 e. The van der Waals surface area contributed by atoms with Crippen molar-refractivity contribution in [2.75, 3.05) is 0 Å². The van der Waals surface area contributed by atoms with Gasteiger partial charge in [0.2, 0.25) is 0 Å². The van der Waals surface area contributed by atoms with Crippen molar-refractivity contribution >= 4 is 5.78 Å². The third kappa shape index (κ3) is 3.00. The Morgan fingerprint density at radius 2 is 1.64 bits per heavy atom. The summed E-state index contributed by atoms with van der Waals surface area (Å²) in [6.45, 7) is 5.13. The molecule has 0 aliphatic carbocycles. The quantitative estimate of drug-likeness (QED) is 0.604. The van der Waals surface area contributed by atoms with Gasteiger partial charge in [-0.1, -0.05) is 26.7 Å². The number of hydrogen-bond acceptors (Lipinski definition) is 1. The van der Waals surface area contributed by atoms with Crippen LogP contribution in [0.2, 0.25) is 0 Å². The van der Waals surface area contributed by atoms with Crippen molar-refractivity contribution in [1.82, 2.24) is 0 Å². The first kappa shape index (κ1) is 10.6. The Morgan fingerprint density at radius 1 is 1.27 bits per heavy atom. The van der Waals surface area contributed by atoms with Gasteiger partial charge in [0.1, 0.15) is 0 Å². The summed E-state index contributed by atoms with van der Waals surface area (Å²) in [7, 11) is 0. The van der Waals surface area contributed by atoms with Crippen LogP contribution in [0.5, 0.6) is 0 Å². The van der Waals surface area contributed by atoms with Gasteiger partial charge in [-0.2, -0.15) is 0 Å². The lowest BCUT2D eigenvalue weighted by atomic mass is 9.91. The van der Waals surface area contributed by atoms with Gasteiger partial charge in [-0.3, -0.25) is 4.79 Å². The highest BCUT2D eigenvalue weighted by Crippen LogP contribution is 2.25. The summed E-state index contributed by atoms with van der Waals surface area (Å²) < 4.78 is 13.6. The average Bonchev–Trinajstić information content (AvgIpc) is 1.88. The molecule has 0 saturated heterocycles. The van der Waals surface area contributed by atoms with E-state index in [0.717, 1.165) is 12.8 Å². The van der Waals surface area contributed by atoms with Crippen LogP contribution in [0.1, 0.15) is 46.5 Å². The first-order chi connectivity index (χ1) is 5.06. The van der Waals surface area contributed by atoms with Gasteiger partial charge in [0.15, 0.2) is 11.5 Å². The van der Waals surface area contributed by atoms with E-state index in [-0.39, 0.29) is 5.78 Å². The highest BCUT2D eigenvalue weighted by atomic mass is 19.1. The Balaban J connectivity index is 4.13. The van der Waals surface area contributed by atoms with E-state index in [2.05, 4.69) is 0 Å². The van der Waals surface area contributed by atoms with Crippen LogP contribution < -0.4 is 0 Å². The zero-order valence-electron chi connectivity index (χ0n) is 7.61. The molecule has 66 valence electrons. The lowest BCUT2D eigenvalue weighted by Crippen LogP contribution is -2.31. The fourth-order valence-corrected chi connectivity index (χ4v) is 1.27. The number of hydrogen-bond donors (Lipinski definition) is 0. The third-order valence-corrected chi connectivity index (χ3v) is 1.92. The number of carbonyl (C=O) groups is 1. The van der Waals surface area contributed by atoms with E-state index in [4.69, 9.17) is 0 Å². The summed E-state index contributed by atoms with van der Waals surface area (Å²) in [5.41, 5.74) is -1.54. The first-order valence-electron chi connectivity index (χ1n) is 4.26. The molecule has 0 aromatic carbocycles. The molecule has 0 unspecified atom stereocenters. The van der Waals surface area contributed by atoms with Crippen molar-refractivity contribution in [1.29, 1.82) is 0 Å². The minimum absolute atomic E-state index is 0.318. The standard InChI is InChI=1S/C9H17FO/c1-4-6-9(10,7-5-2)8(3)11/h4-7H2,1-3H3. The number of rotatable bonds is 5. The van der Waals surface area contributed by atoms with Crippen LogP contribution in [-0.4, -0.2) is 11.5 Å². The predicted octanol–water partition coefficient (Wildman–Crippen LogP) is 2.88. The fourth-order valence-electron chi connectivity index (χ4n) is 1.27. The molecule has 0 N–H and O–H groups in total. The third-order valence-electron chi connectivity index (χ3n) is 1.92. The molecule has 0 amide bonds. The molecule has 0 fully saturated rings. The van der Waals surface area contributed by atoms with Crippen molar-refractivity contribution in [3.05, 3.63) is 0 Å². The van der Waals surface area contributed by atoms with Gasteiger partial charge < -0.3 is 0 Å². The Labute approximate surface area is 68.0 Å². The van der Waals surface area contributed by atoms with Crippen molar-refractivity contribution in [3.63, 3.8) is 0 Å². The van der Waals surface area contributed by atoms with Crippen molar-refractivity contribution in [3.8, 4) is 0 Å². The number of Topliss-reactive ketones (excluding diaryl/α,β-unsaturated/α-hetero) is 1. The molecule has 1 nitrogen and oxygen atoms in total. The Hall–Kier alpha value is -0.400. The van der Waals surface area contributed by atoms with Gasteiger partial charge in [-0.15, -0.1) is 0 Å². The second kappa shape index (κ2) is 4.47. The predicted molar refractivity (Wildman–Crippen MR) is 44.3 cm³/mol. The van der Waals surface area contributed by atoms with Crippen LogP contribution in [-0.2, 0) is 4.79 Å². The van der Waals surface area contributed by atoms with Gasteiger partial charge in [0.05, 0.1) is 0 Å². The molecule has 0 radical (unpaired) electrons. The van der Waals surface area contributed by atoms with Crippen LogP contribution in [0.3, 0.4) is 0 Å². The molecule has 0 bridgehead atoms. The fraction of sp³-hybridized carbons (Fsp3) is 0.889. The maximum Gasteiger partial charge on any atom is 0.168 e. The zero-order valence-corrected chi connectivity index (χ0v) is 7.61. The highest BCUT2D eigenvalue weighted by Gasteiger charge is 2.32. The lowest BCUT2D eigenvalue weighted by Gasteiger charge is -2.20. The highest BCUT2D eigenvalue weighted by molar-refractivity contribution is 5.84. The SMILES string of the molecule is CCCC(F)(CCC)C(C)=O. The van der Waals surface area contributed by atoms with Crippen LogP contribution in [0.4, 0.5) is 4.39 Å². The Kier molecular flexibility index (Phi) is 4.31. The van der Waals surface area contributed by atoms with Crippen molar-refractivity contribution < 1.29 is 9.18 Å². The number of halogens is 1. The Bertz CT molecular complexity index is 126. The maximum atomic E-state index is 13.6. The lowest BCUT2D eigenvalue weighted by molar-refractivity contribution is -0.129. The van der Waals surface area contributed by atoms with E-state index < -0.39 is 5.67 Å². The number of ketones is 1. The zero-order chi connectivity index (χ0) is 8.91. The van der Waals surface area contributed by atoms with Crippen LogP contribution in [0.25, 0.3) is 0 Å². The normalized spacial score (nSPS) is 11.6. The molecule has 0 aromatic rings. The second-order valence-corrected chi connectivity index (χ2v) is 3.02. The molecule has 0 saturated carbocycles. The van der Waals surface area contributed by atoms with Gasteiger partial charge >= 0.3 is 0 Å². The van der Waals surface area contributed by atoms with Crippen LogP contribution in [0, 0.1) is 0 Å². The molecule has 0 aromatic heterocycles. The van der Waals surface area contributed by atoms with E-state index in [9.17, 15) is 9.18 Å². The molecule has 0 atom stereocenters. The molecule has 11 heavy (non-hydrogen) atoms. The second-order valence-electron chi connectivity index (χ2n) is 3.02. The summed E-state index contributed by atoms with van der Waals surface area (Å²) in [5, 5.41) is 0. The minimum atomic E-state index is -1.54. The molecule has 0 rings (SSSR count). The topological polar surface area (TPSA) is 17.1 Å². The Morgan fingerprint density at radius 3 is 1.82 bits per heavy atom. The summed E-state index contributed by atoms with van der Waals surface area (Å²) in [5.74, 6) is -0.318. The van der Waals surface area contributed by atoms with Gasteiger partial charge in [0.25, 0.3) is 0 Å². The average molecular weight is 160 g/mol. The maximum absolute atomic E-state index is 13.6. The van der Waals surface area contributed by atoms with E-state index >= 15 is 0 Å². The molecule has 2 heteroatoms. The molecule has 0 spiro atoms. The summed E-state index contributed by atoms with van der Waals surface area (Å²) >= 11 is 0. The molecular weight excluding hydrogens is 143 g/mol. The van der Waals surface area contributed by atoms with Gasteiger partial charge in [0, 0.05) is 0 Å². The van der Waals surface area contributed by atoms with E-state index in [1.54, 1.807) is 0 Å². The first-order valence-corrected chi connectivity index (χ1v) is 4.26. The van der Waals surface area contributed by atoms with Gasteiger partial charge in [-0.25, -0.2) is 4.39 Å². The molecule has 0 aliphatic rings. The molecule has 0 aliphatic heterocycles.